The number of urea groups is 1. The first-order valence-electron chi connectivity index (χ1n) is 7.81. The Hall–Kier alpha value is -3.09. The van der Waals surface area contributed by atoms with Crippen LogP contribution in [0.2, 0.25) is 0 Å². The number of imide groups is 1. The fourth-order valence-electron chi connectivity index (χ4n) is 2.68. The number of carbonyl (C=O) groups is 2. The monoisotopic (exact) mass is 360 g/mol. The van der Waals surface area contributed by atoms with E-state index >= 15 is 0 Å². The molecule has 134 valence electrons. The zero-order valence-corrected chi connectivity index (χ0v) is 13.8. The van der Waals surface area contributed by atoms with Crippen molar-refractivity contribution in [2.45, 2.75) is 19.6 Å². The lowest BCUT2D eigenvalue weighted by Crippen LogP contribution is -2.30. The van der Waals surface area contributed by atoms with Crippen molar-refractivity contribution in [3.05, 3.63) is 76.5 Å². The van der Waals surface area contributed by atoms with E-state index in [4.69, 9.17) is 0 Å². The molecule has 0 spiro atoms. The van der Waals surface area contributed by atoms with Gasteiger partial charge >= 0.3 is 12.2 Å². The van der Waals surface area contributed by atoms with Crippen LogP contribution in [0.5, 0.6) is 0 Å². The second kappa shape index (κ2) is 6.67. The number of alkyl halides is 3. The van der Waals surface area contributed by atoms with Crippen LogP contribution in [-0.4, -0.2) is 16.8 Å². The van der Waals surface area contributed by atoms with Gasteiger partial charge in [-0.25, -0.2) is 4.79 Å². The summed E-state index contributed by atoms with van der Waals surface area (Å²) in [6.45, 7) is 1.99. The molecule has 1 aliphatic heterocycles. The van der Waals surface area contributed by atoms with Gasteiger partial charge in [0.2, 0.25) is 0 Å². The molecule has 4 nitrogen and oxygen atoms in total. The molecule has 26 heavy (non-hydrogen) atoms. The highest BCUT2D eigenvalue weighted by molar-refractivity contribution is 6.13. The number of halogens is 3. The van der Waals surface area contributed by atoms with E-state index in [1.54, 1.807) is 6.07 Å². The average Bonchev–Trinajstić information content (AvgIpc) is 2.82. The van der Waals surface area contributed by atoms with E-state index in [9.17, 15) is 22.8 Å². The topological polar surface area (TPSA) is 49.4 Å². The number of aryl methyl sites for hydroxylation is 1. The van der Waals surface area contributed by atoms with Crippen LogP contribution < -0.4 is 5.32 Å². The highest BCUT2D eigenvalue weighted by Crippen LogP contribution is 2.30. The summed E-state index contributed by atoms with van der Waals surface area (Å²) in [5, 5.41) is 2.41. The smallest absolute Gasteiger partial charge is 0.303 e. The first kappa shape index (κ1) is 17.7. The van der Waals surface area contributed by atoms with Gasteiger partial charge in [0.05, 0.1) is 12.1 Å². The molecule has 0 bridgehead atoms. The van der Waals surface area contributed by atoms with Crippen molar-refractivity contribution in [1.29, 1.82) is 0 Å². The standard InChI is InChI=1S/C19H15F3N2O2/c1-12-4-2-6-14(8-12)11-24-17(25)16(23-18(24)26)10-13-5-3-7-15(9-13)19(20,21)22/h2-10H,11H2,1H3,(H,23,26)/b16-10+. The zero-order chi connectivity index (χ0) is 18.9. The van der Waals surface area contributed by atoms with Gasteiger partial charge in [-0.05, 0) is 36.3 Å². The molecule has 7 heteroatoms. The van der Waals surface area contributed by atoms with Gasteiger partial charge in [0.25, 0.3) is 5.91 Å². The maximum absolute atomic E-state index is 12.8. The van der Waals surface area contributed by atoms with Crippen molar-refractivity contribution in [1.82, 2.24) is 10.2 Å². The van der Waals surface area contributed by atoms with Gasteiger partial charge < -0.3 is 5.32 Å². The minimum absolute atomic E-state index is 0.0537. The zero-order valence-electron chi connectivity index (χ0n) is 13.8. The highest BCUT2D eigenvalue weighted by atomic mass is 19.4. The molecule has 2 aromatic rings. The van der Waals surface area contributed by atoms with Crippen LogP contribution in [0.1, 0.15) is 22.3 Å². The summed E-state index contributed by atoms with van der Waals surface area (Å²) in [7, 11) is 0. The molecule has 2 aromatic carbocycles. The summed E-state index contributed by atoms with van der Waals surface area (Å²) in [4.78, 5) is 25.5. The van der Waals surface area contributed by atoms with E-state index in [2.05, 4.69) is 5.32 Å². The van der Waals surface area contributed by atoms with E-state index < -0.39 is 23.7 Å². The molecular weight excluding hydrogens is 345 g/mol. The summed E-state index contributed by atoms with van der Waals surface area (Å²) in [5.74, 6) is -0.575. The quantitative estimate of drug-likeness (QED) is 0.662. The van der Waals surface area contributed by atoms with Crippen molar-refractivity contribution >= 4 is 18.0 Å². The molecule has 1 N–H and O–H groups in total. The fraction of sp³-hybridized carbons (Fsp3) is 0.158. The molecular formula is C19H15F3N2O2. The molecule has 0 atom stereocenters. The summed E-state index contributed by atoms with van der Waals surface area (Å²) in [6.07, 6.45) is -3.24. The van der Waals surface area contributed by atoms with Crippen LogP contribution >= 0.6 is 0 Å². The van der Waals surface area contributed by atoms with Crippen LogP contribution in [0.4, 0.5) is 18.0 Å². The van der Waals surface area contributed by atoms with Gasteiger partial charge in [-0.15, -0.1) is 0 Å². The number of amides is 3. The number of benzene rings is 2. The summed E-state index contributed by atoms with van der Waals surface area (Å²) >= 11 is 0. The van der Waals surface area contributed by atoms with Crippen molar-refractivity contribution < 1.29 is 22.8 Å². The minimum atomic E-state index is -4.48. The number of carbonyl (C=O) groups excluding carboxylic acids is 2. The molecule has 1 heterocycles. The van der Waals surface area contributed by atoms with Crippen molar-refractivity contribution in [3.8, 4) is 0 Å². The maximum atomic E-state index is 12.8. The summed E-state index contributed by atoms with van der Waals surface area (Å²) < 4.78 is 38.4. The van der Waals surface area contributed by atoms with Crippen molar-refractivity contribution in [2.24, 2.45) is 0 Å². The summed E-state index contributed by atoms with van der Waals surface area (Å²) in [5.41, 5.74) is 1.09. The van der Waals surface area contributed by atoms with Gasteiger partial charge in [0.15, 0.2) is 0 Å². The van der Waals surface area contributed by atoms with Gasteiger partial charge in [0.1, 0.15) is 5.70 Å². The van der Waals surface area contributed by atoms with E-state index in [1.807, 2.05) is 25.1 Å². The van der Waals surface area contributed by atoms with E-state index in [1.165, 1.54) is 18.2 Å². The Morgan fingerprint density at radius 2 is 1.81 bits per heavy atom. The number of rotatable bonds is 3. The molecule has 0 saturated carbocycles. The molecule has 0 aliphatic carbocycles. The van der Waals surface area contributed by atoms with Crippen LogP contribution in [0.25, 0.3) is 6.08 Å². The van der Waals surface area contributed by atoms with E-state index in [-0.39, 0.29) is 17.8 Å². The highest BCUT2D eigenvalue weighted by Gasteiger charge is 2.34. The Kier molecular flexibility index (Phi) is 4.54. The van der Waals surface area contributed by atoms with Gasteiger partial charge in [-0.3, -0.25) is 9.69 Å². The van der Waals surface area contributed by atoms with Crippen molar-refractivity contribution in [2.75, 3.05) is 0 Å². The first-order valence-corrected chi connectivity index (χ1v) is 7.81. The van der Waals surface area contributed by atoms with Gasteiger partial charge in [0, 0.05) is 0 Å². The predicted molar refractivity (Wildman–Crippen MR) is 89.7 cm³/mol. The molecule has 3 rings (SSSR count). The van der Waals surface area contributed by atoms with Crippen LogP contribution in [-0.2, 0) is 17.5 Å². The summed E-state index contributed by atoms with van der Waals surface area (Å²) in [6, 6.07) is 11.3. The SMILES string of the molecule is Cc1cccc(CN2C(=O)N/C(=C/c3cccc(C(F)(F)F)c3)C2=O)c1. The van der Waals surface area contributed by atoms with Crippen molar-refractivity contribution in [3.63, 3.8) is 0 Å². The fourth-order valence-corrected chi connectivity index (χ4v) is 2.68. The molecule has 0 aromatic heterocycles. The van der Waals surface area contributed by atoms with E-state index in [0.29, 0.717) is 0 Å². The lowest BCUT2D eigenvalue weighted by molar-refractivity contribution is -0.137. The van der Waals surface area contributed by atoms with Crippen LogP contribution in [0, 0.1) is 6.92 Å². The average molecular weight is 360 g/mol. The number of hydrogen-bond donors (Lipinski definition) is 1. The lowest BCUT2D eigenvalue weighted by atomic mass is 10.1. The molecule has 0 radical (unpaired) electrons. The van der Waals surface area contributed by atoms with Crippen LogP contribution in [0.15, 0.2) is 54.2 Å². The Morgan fingerprint density at radius 3 is 2.50 bits per heavy atom. The molecule has 0 unspecified atom stereocenters. The molecule has 1 aliphatic rings. The largest absolute Gasteiger partial charge is 0.416 e. The minimum Gasteiger partial charge on any atom is -0.303 e. The third-order valence-electron chi connectivity index (χ3n) is 3.91. The first-order chi connectivity index (χ1) is 12.2. The number of nitrogens with zero attached hydrogens (tertiary/aromatic N) is 1. The number of nitrogens with one attached hydrogen (secondary N) is 1. The molecule has 1 fully saturated rings. The van der Waals surface area contributed by atoms with Crippen LogP contribution in [0.3, 0.4) is 0 Å². The third kappa shape index (κ3) is 3.77. The van der Waals surface area contributed by atoms with Gasteiger partial charge in [-0.2, -0.15) is 13.2 Å². The molecule has 1 saturated heterocycles. The predicted octanol–water partition coefficient (Wildman–Crippen LogP) is 4.11. The normalized spacial score (nSPS) is 16.3. The van der Waals surface area contributed by atoms with E-state index in [0.717, 1.165) is 28.2 Å². The molecule has 3 amide bonds. The second-order valence-corrected chi connectivity index (χ2v) is 5.99. The Morgan fingerprint density at radius 1 is 1.08 bits per heavy atom. The maximum Gasteiger partial charge on any atom is 0.416 e. The Balaban J connectivity index is 1.83. The number of hydrogen-bond acceptors (Lipinski definition) is 2. The second-order valence-electron chi connectivity index (χ2n) is 5.99. The Bertz CT molecular complexity index is 904. The Labute approximate surface area is 147 Å². The lowest BCUT2D eigenvalue weighted by Gasteiger charge is -2.12. The van der Waals surface area contributed by atoms with Gasteiger partial charge in [-0.1, -0.05) is 42.0 Å². The third-order valence-corrected chi connectivity index (χ3v) is 3.91.